The molecule has 0 bridgehead atoms. The molecule has 0 aromatic heterocycles. The van der Waals surface area contributed by atoms with Crippen LogP contribution in [0.25, 0.3) is 0 Å². The highest BCUT2D eigenvalue weighted by molar-refractivity contribution is 6.33. The summed E-state index contributed by atoms with van der Waals surface area (Å²) in [4.78, 5) is 0. The van der Waals surface area contributed by atoms with E-state index in [1.54, 1.807) is 6.07 Å². The molecule has 0 saturated carbocycles. The lowest BCUT2D eigenvalue weighted by molar-refractivity contribution is 0.174. The lowest BCUT2D eigenvalue weighted by Crippen LogP contribution is -2.07. The zero-order valence-electron chi connectivity index (χ0n) is 11.4. The van der Waals surface area contributed by atoms with Crippen molar-refractivity contribution >= 4 is 23.0 Å². The molecule has 21 heavy (non-hydrogen) atoms. The summed E-state index contributed by atoms with van der Waals surface area (Å²) in [6, 6.07) is 10.0. The second-order valence-electron chi connectivity index (χ2n) is 5.38. The Bertz CT molecular complexity index is 718. The number of hydrogen-bond donors (Lipinski definition) is 2. The van der Waals surface area contributed by atoms with Crippen LogP contribution in [0.1, 0.15) is 23.6 Å². The maximum Gasteiger partial charge on any atom is 0.231 e. The van der Waals surface area contributed by atoms with Crippen molar-refractivity contribution in [1.29, 1.82) is 0 Å². The Balaban J connectivity index is 1.64. The fourth-order valence-electron chi connectivity index (χ4n) is 3.00. The average Bonchev–Trinajstić information content (AvgIpc) is 3.06. The van der Waals surface area contributed by atoms with Gasteiger partial charge in [0.05, 0.1) is 16.8 Å². The summed E-state index contributed by atoms with van der Waals surface area (Å²) in [6.07, 6.45) is 2.06. The number of aryl methyl sites for hydroxylation is 1. The summed E-state index contributed by atoms with van der Waals surface area (Å²) >= 11 is 6.32. The molecule has 5 heteroatoms. The Labute approximate surface area is 127 Å². The third kappa shape index (κ3) is 2.16. The molecule has 0 radical (unpaired) electrons. The van der Waals surface area contributed by atoms with Crippen molar-refractivity contribution in [2.75, 3.05) is 17.8 Å². The predicted octanol–water partition coefficient (Wildman–Crippen LogP) is 3.75. The van der Waals surface area contributed by atoms with Gasteiger partial charge in [-0.15, -0.1) is 0 Å². The third-order valence-corrected chi connectivity index (χ3v) is 4.35. The topological polar surface area (TPSA) is 56.5 Å². The first kappa shape index (κ1) is 12.7. The van der Waals surface area contributed by atoms with E-state index in [0.717, 1.165) is 30.0 Å². The number of nitrogens with two attached hydrogens (primary N) is 1. The molecule has 0 spiro atoms. The number of rotatable bonds is 2. The molecular weight excluding hydrogens is 288 g/mol. The van der Waals surface area contributed by atoms with Crippen LogP contribution < -0.4 is 20.5 Å². The Morgan fingerprint density at radius 3 is 2.81 bits per heavy atom. The second-order valence-corrected chi connectivity index (χ2v) is 5.79. The average molecular weight is 303 g/mol. The van der Waals surface area contributed by atoms with Crippen molar-refractivity contribution in [3.05, 3.63) is 46.5 Å². The normalized spacial score (nSPS) is 18.6. The highest BCUT2D eigenvalue weighted by Gasteiger charge is 2.24. The molecule has 4 nitrogen and oxygen atoms in total. The van der Waals surface area contributed by atoms with E-state index in [4.69, 9.17) is 26.8 Å². The first-order chi connectivity index (χ1) is 10.2. The summed E-state index contributed by atoms with van der Waals surface area (Å²) < 4.78 is 10.7. The largest absolute Gasteiger partial charge is 0.454 e. The summed E-state index contributed by atoms with van der Waals surface area (Å²) in [5, 5.41) is 4.15. The highest BCUT2D eigenvalue weighted by Crippen LogP contribution is 2.42. The first-order valence-corrected chi connectivity index (χ1v) is 7.32. The number of anilines is 2. The van der Waals surface area contributed by atoms with Gasteiger partial charge in [-0.3, -0.25) is 0 Å². The molecule has 3 N–H and O–H groups in total. The minimum atomic E-state index is 0.249. The lowest BCUT2D eigenvalue weighted by Gasteiger charge is -2.17. The van der Waals surface area contributed by atoms with Gasteiger partial charge in [0.15, 0.2) is 11.5 Å². The van der Waals surface area contributed by atoms with Crippen LogP contribution in [0.2, 0.25) is 5.02 Å². The van der Waals surface area contributed by atoms with E-state index in [0.29, 0.717) is 10.8 Å². The van der Waals surface area contributed by atoms with Crippen molar-refractivity contribution in [2.45, 2.75) is 18.9 Å². The molecule has 0 saturated heterocycles. The summed E-state index contributed by atoms with van der Waals surface area (Å²) in [6.45, 7) is 0.251. The van der Waals surface area contributed by atoms with Gasteiger partial charge in [-0.1, -0.05) is 17.7 Å². The minimum Gasteiger partial charge on any atom is -0.454 e. The van der Waals surface area contributed by atoms with Gasteiger partial charge in [-0.05, 0) is 36.1 Å². The van der Waals surface area contributed by atoms with Crippen LogP contribution in [0.3, 0.4) is 0 Å². The Morgan fingerprint density at radius 2 is 1.95 bits per heavy atom. The van der Waals surface area contributed by atoms with Crippen LogP contribution in [-0.4, -0.2) is 6.79 Å². The number of benzene rings is 2. The second kappa shape index (κ2) is 4.74. The van der Waals surface area contributed by atoms with E-state index in [9.17, 15) is 0 Å². The van der Waals surface area contributed by atoms with Crippen LogP contribution in [-0.2, 0) is 6.42 Å². The molecule has 108 valence electrons. The number of nitrogens with one attached hydrogen (secondary N) is 1. The van der Waals surface area contributed by atoms with Gasteiger partial charge < -0.3 is 20.5 Å². The molecule has 1 unspecified atom stereocenters. The van der Waals surface area contributed by atoms with Gasteiger partial charge in [-0.2, -0.15) is 0 Å². The quantitative estimate of drug-likeness (QED) is 0.830. The summed E-state index contributed by atoms with van der Waals surface area (Å²) in [7, 11) is 0. The van der Waals surface area contributed by atoms with Crippen LogP contribution in [0.4, 0.5) is 11.4 Å². The maximum atomic E-state index is 6.32. The third-order valence-electron chi connectivity index (χ3n) is 4.04. The number of halogens is 1. The van der Waals surface area contributed by atoms with Gasteiger partial charge in [0, 0.05) is 17.8 Å². The molecule has 2 aromatic carbocycles. The maximum absolute atomic E-state index is 6.32. The van der Waals surface area contributed by atoms with Crippen molar-refractivity contribution in [3.63, 3.8) is 0 Å². The van der Waals surface area contributed by atoms with Gasteiger partial charge in [-0.25, -0.2) is 0 Å². The van der Waals surface area contributed by atoms with E-state index in [1.807, 2.05) is 12.1 Å². The Hall–Kier alpha value is -2.07. The van der Waals surface area contributed by atoms with Crippen LogP contribution >= 0.6 is 11.6 Å². The number of fused-ring (bicyclic) bond motifs is 2. The summed E-state index contributed by atoms with van der Waals surface area (Å²) in [5.41, 5.74) is 10.1. The molecule has 2 aliphatic rings. The van der Waals surface area contributed by atoms with E-state index >= 15 is 0 Å². The van der Waals surface area contributed by atoms with E-state index < -0.39 is 0 Å². The van der Waals surface area contributed by atoms with Crippen molar-refractivity contribution in [1.82, 2.24) is 0 Å². The smallest absolute Gasteiger partial charge is 0.231 e. The molecule has 4 rings (SSSR count). The van der Waals surface area contributed by atoms with Gasteiger partial charge in [0.25, 0.3) is 0 Å². The zero-order valence-corrected chi connectivity index (χ0v) is 12.1. The summed E-state index contributed by atoms with van der Waals surface area (Å²) in [5.74, 6) is 1.43. The number of nitrogen functional groups attached to an aromatic ring is 1. The molecule has 0 fully saturated rings. The molecule has 0 amide bonds. The standard InChI is InChI=1S/C16H15ClN2O2/c17-12-6-15-16(21-8-20-15)7-14(12)19-13-4-1-9-5-10(18)2-3-11(9)13/h2-3,5-7,13,19H,1,4,8,18H2. The van der Waals surface area contributed by atoms with E-state index in [1.165, 1.54) is 11.1 Å². The number of hydrogen-bond acceptors (Lipinski definition) is 4. The molecule has 1 atom stereocenters. The first-order valence-electron chi connectivity index (χ1n) is 6.95. The SMILES string of the molecule is Nc1ccc2c(c1)CCC2Nc1cc2c(cc1Cl)OCO2. The molecule has 1 heterocycles. The van der Waals surface area contributed by atoms with E-state index in [-0.39, 0.29) is 12.8 Å². The van der Waals surface area contributed by atoms with Gasteiger partial charge in [0.1, 0.15) is 0 Å². The highest BCUT2D eigenvalue weighted by atomic mass is 35.5. The van der Waals surface area contributed by atoms with Crippen molar-refractivity contribution in [2.24, 2.45) is 0 Å². The Morgan fingerprint density at radius 1 is 1.14 bits per heavy atom. The molecule has 2 aromatic rings. The van der Waals surface area contributed by atoms with Gasteiger partial charge in [0.2, 0.25) is 6.79 Å². The Kier molecular flexibility index (Phi) is 2.86. The predicted molar refractivity (Wildman–Crippen MR) is 83.1 cm³/mol. The van der Waals surface area contributed by atoms with E-state index in [2.05, 4.69) is 17.4 Å². The van der Waals surface area contributed by atoms with Gasteiger partial charge >= 0.3 is 0 Å². The molecule has 1 aliphatic carbocycles. The van der Waals surface area contributed by atoms with Crippen LogP contribution in [0.15, 0.2) is 30.3 Å². The monoisotopic (exact) mass is 302 g/mol. The fourth-order valence-corrected chi connectivity index (χ4v) is 3.21. The zero-order chi connectivity index (χ0) is 14.4. The minimum absolute atomic E-state index is 0.249. The molecular formula is C16H15ClN2O2. The molecule has 1 aliphatic heterocycles. The van der Waals surface area contributed by atoms with Crippen LogP contribution in [0, 0.1) is 0 Å². The number of ether oxygens (including phenoxy) is 2. The van der Waals surface area contributed by atoms with Crippen LogP contribution in [0.5, 0.6) is 11.5 Å². The lowest BCUT2D eigenvalue weighted by atomic mass is 10.1. The van der Waals surface area contributed by atoms with Crippen molar-refractivity contribution in [3.8, 4) is 11.5 Å². The van der Waals surface area contributed by atoms with Crippen molar-refractivity contribution < 1.29 is 9.47 Å². The fraction of sp³-hybridized carbons (Fsp3) is 0.250.